The Labute approximate surface area is 181 Å². The lowest BCUT2D eigenvalue weighted by Crippen LogP contribution is -2.68. The molecule has 12 N–H and O–H groups in total. The largest absolute Gasteiger partial charge is 0.467 e. The summed E-state index contributed by atoms with van der Waals surface area (Å²) in [5.74, 6) is 0.555. The first kappa shape index (κ1) is 24.7. The second-order valence-corrected chi connectivity index (χ2v) is 8.81. The van der Waals surface area contributed by atoms with Crippen LogP contribution in [0.15, 0.2) is 11.8 Å². The number of likely N-dealkylation sites (N-methyl/N-ethyl adjacent to an activating group) is 1. The van der Waals surface area contributed by atoms with E-state index >= 15 is 0 Å². The van der Waals surface area contributed by atoms with Gasteiger partial charge in [0, 0.05) is 12.1 Å². The van der Waals surface area contributed by atoms with Gasteiger partial charge < -0.3 is 62.5 Å². The fourth-order valence-electron chi connectivity index (χ4n) is 4.44. The van der Waals surface area contributed by atoms with Crippen LogP contribution in [0.1, 0.15) is 19.8 Å². The maximum Gasteiger partial charge on any atom is 0.215 e. The van der Waals surface area contributed by atoms with Crippen molar-refractivity contribution in [2.75, 3.05) is 20.2 Å². The molecule has 12 heteroatoms. The zero-order valence-electron chi connectivity index (χ0n) is 18.0. The molecule has 1 saturated heterocycles. The van der Waals surface area contributed by atoms with Gasteiger partial charge in [0.2, 0.25) is 6.29 Å². The number of nitrogens with one attached hydrogen (secondary N) is 1. The van der Waals surface area contributed by atoms with Crippen LogP contribution in [0.4, 0.5) is 0 Å². The van der Waals surface area contributed by atoms with Crippen molar-refractivity contribution >= 4 is 0 Å². The van der Waals surface area contributed by atoms with Crippen LogP contribution in [0.5, 0.6) is 0 Å². The summed E-state index contributed by atoms with van der Waals surface area (Å²) in [6.07, 6.45) is -3.56. The van der Waals surface area contributed by atoms with Gasteiger partial charge in [-0.2, -0.15) is 0 Å². The van der Waals surface area contributed by atoms with Gasteiger partial charge in [0.1, 0.15) is 35.8 Å². The molecule has 0 radical (unpaired) electrons. The lowest BCUT2D eigenvalue weighted by atomic mass is 9.84. The molecule has 3 rings (SSSR count). The molecule has 180 valence electrons. The first-order valence-electron chi connectivity index (χ1n) is 10.6. The number of ether oxygens (including phenoxy) is 4. The molecule has 11 atom stereocenters. The Hall–Kier alpha value is -0.900. The average Bonchev–Trinajstić information content (AvgIpc) is 2.71. The number of rotatable bonds is 6. The Kier molecular flexibility index (Phi) is 7.92. The molecule has 2 heterocycles. The molecule has 3 unspecified atom stereocenters. The van der Waals surface area contributed by atoms with E-state index in [-0.39, 0.29) is 13.2 Å². The molecule has 0 spiro atoms. The quantitative estimate of drug-likeness (QED) is 0.196. The van der Waals surface area contributed by atoms with Crippen LogP contribution in [-0.2, 0) is 18.9 Å². The maximum absolute atomic E-state index is 11.0. The van der Waals surface area contributed by atoms with E-state index in [4.69, 9.17) is 41.9 Å². The van der Waals surface area contributed by atoms with Gasteiger partial charge in [-0.3, -0.25) is 0 Å². The molecular formula is C19H37N5O7. The van der Waals surface area contributed by atoms with Crippen LogP contribution in [0.2, 0.25) is 0 Å². The van der Waals surface area contributed by atoms with Crippen molar-refractivity contribution in [2.24, 2.45) is 22.9 Å². The minimum Gasteiger partial charge on any atom is -0.467 e. The highest BCUT2D eigenvalue weighted by atomic mass is 16.7. The van der Waals surface area contributed by atoms with E-state index in [1.807, 2.05) is 0 Å². The monoisotopic (exact) mass is 447 g/mol. The number of aliphatic hydroxyl groups is 3. The van der Waals surface area contributed by atoms with E-state index in [9.17, 15) is 15.3 Å². The third kappa shape index (κ3) is 5.20. The second-order valence-electron chi connectivity index (χ2n) is 8.81. The molecule has 31 heavy (non-hydrogen) atoms. The Morgan fingerprint density at radius 2 is 1.71 bits per heavy atom. The molecule has 0 aromatic heterocycles. The van der Waals surface area contributed by atoms with Crippen LogP contribution in [0.25, 0.3) is 0 Å². The predicted molar refractivity (Wildman–Crippen MR) is 110 cm³/mol. The molecule has 2 aliphatic heterocycles. The highest BCUT2D eigenvalue weighted by Crippen LogP contribution is 2.31. The van der Waals surface area contributed by atoms with E-state index in [1.165, 1.54) is 0 Å². The molecule has 0 aromatic carbocycles. The van der Waals surface area contributed by atoms with Gasteiger partial charge in [-0.1, -0.05) is 0 Å². The third-order valence-electron chi connectivity index (χ3n) is 6.22. The van der Waals surface area contributed by atoms with Gasteiger partial charge >= 0.3 is 0 Å². The lowest BCUT2D eigenvalue weighted by molar-refractivity contribution is -0.303. The zero-order chi connectivity index (χ0) is 22.9. The van der Waals surface area contributed by atoms with Gasteiger partial charge in [-0.25, -0.2) is 0 Å². The molecule has 2 fully saturated rings. The predicted octanol–water partition coefficient (Wildman–Crippen LogP) is -3.85. The first-order chi connectivity index (χ1) is 14.6. The molecule has 0 aromatic rings. The number of hydrogen-bond donors (Lipinski definition) is 8. The Morgan fingerprint density at radius 1 is 1.10 bits per heavy atom. The summed E-state index contributed by atoms with van der Waals surface area (Å²) in [5.41, 5.74) is 22.9. The summed E-state index contributed by atoms with van der Waals surface area (Å²) in [6.45, 7) is 1.68. The van der Waals surface area contributed by atoms with Crippen molar-refractivity contribution in [3.8, 4) is 0 Å². The summed E-state index contributed by atoms with van der Waals surface area (Å²) in [5, 5.41) is 34.9. The fourth-order valence-corrected chi connectivity index (χ4v) is 4.44. The smallest absolute Gasteiger partial charge is 0.215 e. The first-order valence-corrected chi connectivity index (χ1v) is 10.6. The van der Waals surface area contributed by atoms with Crippen LogP contribution < -0.4 is 28.3 Å². The van der Waals surface area contributed by atoms with Gasteiger partial charge in [0.05, 0.1) is 25.2 Å². The molecule has 1 saturated carbocycles. The van der Waals surface area contributed by atoms with Gasteiger partial charge in [-0.15, -0.1) is 0 Å². The Morgan fingerprint density at radius 3 is 2.29 bits per heavy atom. The average molecular weight is 448 g/mol. The third-order valence-corrected chi connectivity index (χ3v) is 6.22. The standard InChI is InChI=1S/C19H37N5O7/c1-19(27)7-28-18(13(26)16(19)24-2)31-15-11(23)5-10(22)14(12(15)25)30-17-9(21)4-3-8(6-20)29-17/h3,9-18,24-27H,4-7,20-23H2,1-2H3/t9?,10-,11+,12+,13-,14+,15?,16+,17?,18+,19-/m1/s1. The van der Waals surface area contributed by atoms with E-state index < -0.39 is 66.8 Å². The van der Waals surface area contributed by atoms with Crippen LogP contribution in [0.3, 0.4) is 0 Å². The van der Waals surface area contributed by atoms with Gasteiger partial charge in [0.15, 0.2) is 6.29 Å². The number of nitrogens with two attached hydrogens (primary N) is 4. The summed E-state index contributed by atoms with van der Waals surface area (Å²) in [4.78, 5) is 0. The van der Waals surface area contributed by atoms with Crippen molar-refractivity contribution in [2.45, 2.75) is 86.5 Å². The topological polar surface area (TPSA) is 214 Å². The molecule has 0 bridgehead atoms. The molecular weight excluding hydrogens is 410 g/mol. The molecule has 12 nitrogen and oxygen atoms in total. The number of hydrogen-bond acceptors (Lipinski definition) is 12. The minimum atomic E-state index is -1.29. The summed E-state index contributed by atoms with van der Waals surface area (Å²) in [7, 11) is 1.62. The van der Waals surface area contributed by atoms with Crippen molar-refractivity contribution in [1.82, 2.24) is 5.32 Å². The molecule has 3 aliphatic rings. The Bertz CT molecular complexity index is 639. The highest BCUT2D eigenvalue weighted by Gasteiger charge is 2.50. The SMILES string of the molecule is CN[C@H]1[C@@H](O)[C@H](OC2[C@@H](O)[C@@H](OC3OC(CN)=CCC3N)[C@H](N)C[C@@H]2N)OC[C@@]1(C)O. The van der Waals surface area contributed by atoms with Crippen molar-refractivity contribution in [1.29, 1.82) is 0 Å². The summed E-state index contributed by atoms with van der Waals surface area (Å²) in [6, 6.07) is -2.37. The highest BCUT2D eigenvalue weighted by molar-refractivity contribution is 5.04. The number of aliphatic hydroxyl groups excluding tert-OH is 2. The van der Waals surface area contributed by atoms with Gasteiger partial charge in [0.25, 0.3) is 0 Å². The van der Waals surface area contributed by atoms with Crippen molar-refractivity contribution in [3.05, 3.63) is 11.8 Å². The van der Waals surface area contributed by atoms with E-state index in [2.05, 4.69) is 5.32 Å². The second kappa shape index (κ2) is 9.93. The van der Waals surface area contributed by atoms with Crippen LogP contribution in [-0.4, -0.2) is 102 Å². The maximum atomic E-state index is 11.0. The zero-order valence-corrected chi connectivity index (χ0v) is 18.0. The minimum absolute atomic E-state index is 0.0727. The molecule has 0 amide bonds. The Balaban J connectivity index is 1.69. The van der Waals surface area contributed by atoms with Crippen LogP contribution >= 0.6 is 0 Å². The van der Waals surface area contributed by atoms with E-state index in [1.54, 1.807) is 20.0 Å². The van der Waals surface area contributed by atoms with E-state index in [0.29, 0.717) is 18.6 Å². The van der Waals surface area contributed by atoms with E-state index in [0.717, 1.165) is 0 Å². The lowest BCUT2D eigenvalue weighted by Gasteiger charge is -2.48. The van der Waals surface area contributed by atoms with Crippen molar-refractivity contribution < 1.29 is 34.3 Å². The van der Waals surface area contributed by atoms with Crippen molar-refractivity contribution in [3.63, 3.8) is 0 Å². The summed E-state index contributed by atoms with van der Waals surface area (Å²) >= 11 is 0. The molecule has 1 aliphatic carbocycles. The normalized spacial score (nSPS) is 48.7. The summed E-state index contributed by atoms with van der Waals surface area (Å²) < 4.78 is 23.1. The van der Waals surface area contributed by atoms with Gasteiger partial charge in [-0.05, 0) is 32.9 Å². The van der Waals surface area contributed by atoms with Crippen LogP contribution in [0, 0.1) is 0 Å². The fraction of sp³-hybridized carbons (Fsp3) is 0.895.